The standard InChI is InChI=1S/C15H19BrFNO/c1-11-5-2-8-13(14(11)17)15(19)18-10-4-7-12(18)6-3-9-16/h2,5,8,12H,3-4,6-7,9-10H2,1H3. The molecular formula is C15H19BrFNO. The molecule has 19 heavy (non-hydrogen) atoms. The maximum absolute atomic E-state index is 14.0. The van der Waals surface area contributed by atoms with Gasteiger partial charge in [-0.3, -0.25) is 4.79 Å². The minimum atomic E-state index is -0.376. The molecule has 0 radical (unpaired) electrons. The number of carbonyl (C=O) groups is 1. The Hall–Kier alpha value is -0.900. The molecule has 1 unspecified atom stereocenters. The van der Waals surface area contributed by atoms with Crippen molar-refractivity contribution in [2.24, 2.45) is 0 Å². The predicted molar refractivity (Wildman–Crippen MR) is 78.2 cm³/mol. The van der Waals surface area contributed by atoms with Gasteiger partial charge >= 0.3 is 0 Å². The van der Waals surface area contributed by atoms with E-state index in [9.17, 15) is 9.18 Å². The summed E-state index contributed by atoms with van der Waals surface area (Å²) in [5.41, 5.74) is 0.743. The number of hydrogen-bond acceptors (Lipinski definition) is 1. The fourth-order valence-electron chi connectivity index (χ4n) is 2.68. The fourth-order valence-corrected chi connectivity index (χ4v) is 3.01. The lowest BCUT2D eigenvalue weighted by molar-refractivity contribution is 0.0725. The Bertz CT molecular complexity index is 463. The van der Waals surface area contributed by atoms with Crippen LogP contribution in [0.25, 0.3) is 0 Å². The van der Waals surface area contributed by atoms with Crippen LogP contribution >= 0.6 is 15.9 Å². The lowest BCUT2D eigenvalue weighted by Gasteiger charge is -2.25. The van der Waals surface area contributed by atoms with E-state index in [0.29, 0.717) is 5.56 Å². The van der Waals surface area contributed by atoms with Gasteiger partial charge in [-0.1, -0.05) is 28.1 Å². The van der Waals surface area contributed by atoms with Crippen LogP contribution in [0.4, 0.5) is 4.39 Å². The van der Waals surface area contributed by atoms with Crippen LogP contribution < -0.4 is 0 Å². The molecule has 1 saturated heterocycles. The van der Waals surface area contributed by atoms with E-state index in [4.69, 9.17) is 0 Å². The summed E-state index contributed by atoms with van der Waals surface area (Å²) < 4.78 is 14.0. The van der Waals surface area contributed by atoms with Crippen LogP contribution in [0.2, 0.25) is 0 Å². The smallest absolute Gasteiger partial charge is 0.257 e. The molecule has 1 aliphatic heterocycles. The van der Waals surface area contributed by atoms with Crippen LogP contribution in [0, 0.1) is 12.7 Å². The SMILES string of the molecule is Cc1cccc(C(=O)N2CCCC2CCCBr)c1F. The first kappa shape index (κ1) is 14.5. The zero-order chi connectivity index (χ0) is 13.8. The second-order valence-corrected chi connectivity index (χ2v) is 5.86. The molecule has 0 spiro atoms. The summed E-state index contributed by atoms with van der Waals surface area (Å²) in [6, 6.07) is 5.29. The van der Waals surface area contributed by atoms with E-state index < -0.39 is 0 Å². The van der Waals surface area contributed by atoms with Crippen molar-refractivity contribution in [2.75, 3.05) is 11.9 Å². The number of hydrogen-bond donors (Lipinski definition) is 0. The van der Waals surface area contributed by atoms with Gasteiger partial charge in [0.1, 0.15) is 5.82 Å². The van der Waals surface area contributed by atoms with Crippen molar-refractivity contribution < 1.29 is 9.18 Å². The number of halogens is 2. The molecule has 2 rings (SSSR count). The van der Waals surface area contributed by atoms with Gasteiger partial charge in [0.05, 0.1) is 5.56 Å². The summed E-state index contributed by atoms with van der Waals surface area (Å²) in [6.45, 7) is 2.44. The highest BCUT2D eigenvalue weighted by Crippen LogP contribution is 2.25. The third-order valence-electron chi connectivity index (χ3n) is 3.73. The van der Waals surface area contributed by atoms with Gasteiger partial charge in [0.2, 0.25) is 0 Å². The summed E-state index contributed by atoms with van der Waals surface area (Å²) in [5.74, 6) is -0.531. The van der Waals surface area contributed by atoms with Crippen molar-refractivity contribution in [2.45, 2.75) is 38.6 Å². The number of carbonyl (C=O) groups excluding carboxylic acids is 1. The molecule has 0 N–H and O–H groups in total. The molecule has 1 aromatic carbocycles. The van der Waals surface area contributed by atoms with Gasteiger partial charge in [-0.15, -0.1) is 0 Å². The zero-order valence-corrected chi connectivity index (χ0v) is 12.7. The van der Waals surface area contributed by atoms with E-state index in [-0.39, 0.29) is 23.3 Å². The van der Waals surface area contributed by atoms with Crippen LogP contribution in [-0.4, -0.2) is 28.7 Å². The van der Waals surface area contributed by atoms with Crippen molar-refractivity contribution in [3.63, 3.8) is 0 Å². The quantitative estimate of drug-likeness (QED) is 0.768. The Labute approximate surface area is 122 Å². The fraction of sp³-hybridized carbons (Fsp3) is 0.533. The Morgan fingerprint density at radius 2 is 2.32 bits per heavy atom. The van der Waals surface area contributed by atoms with E-state index >= 15 is 0 Å². The number of aryl methyl sites for hydroxylation is 1. The van der Waals surface area contributed by atoms with Crippen molar-refractivity contribution in [3.05, 3.63) is 35.1 Å². The third kappa shape index (κ3) is 3.16. The lowest BCUT2D eigenvalue weighted by Crippen LogP contribution is -2.36. The average Bonchev–Trinajstić information content (AvgIpc) is 2.87. The minimum Gasteiger partial charge on any atom is -0.336 e. The summed E-state index contributed by atoms with van der Waals surface area (Å²) in [5, 5.41) is 0.949. The van der Waals surface area contributed by atoms with E-state index in [1.54, 1.807) is 25.1 Å². The van der Waals surface area contributed by atoms with Crippen LogP contribution in [0.3, 0.4) is 0 Å². The number of nitrogens with zero attached hydrogens (tertiary/aromatic N) is 1. The summed E-state index contributed by atoms with van der Waals surface area (Å²) in [7, 11) is 0. The largest absolute Gasteiger partial charge is 0.336 e. The Kier molecular flexibility index (Phi) is 4.97. The van der Waals surface area contributed by atoms with Gasteiger partial charge < -0.3 is 4.90 Å². The monoisotopic (exact) mass is 327 g/mol. The van der Waals surface area contributed by atoms with Crippen LogP contribution in [0.1, 0.15) is 41.6 Å². The molecule has 1 atom stereocenters. The first-order chi connectivity index (χ1) is 9.15. The summed E-state index contributed by atoms with van der Waals surface area (Å²) >= 11 is 3.42. The van der Waals surface area contributed by atoms with Crippen molar-refractivity contribution in [1.29, 1.82) is 0 Å². The molecule has 2 nitrogen and oxygen atoms in total. The average molecular weight is 328 g/mol. The van der Waals surface area contributed by atoms with Crippen LogP contribution in [0.15, 0.2) is 18.2 Å². The normalized spacial score (nSPS) is 18.9. The molecule has 1 amide bonds. The molecule has 1 heterocycles. The van der Waals surface area contributed by atoms with Gasteiger partial charge in [0, 0.05) is 17.9 Å². The highest BCUT2D eigenvalue weighted by molar-refractivity contribution is 9.09. The van der Waals surface area contributed by atoms with E-state index in [0.717, 1.165) is 37.6 Å². The van der Waals surface area contributed by atoms with E-state index in [2.05, 4.69) is 15.9 Å². The van der Waals surface area contributed by atoms with Gasteiger partial charge in [-0.2, -0.15) is 0 Å². The number of alkyl halides is 1. The number of likely N-dealkylation sites (tertiary alicyclic amines) is 1. The highest BCUT2D eigenvalue weighted by atomic mass is 79.9. The van der Waals surface area contributed by atoms with Gasteiger partial charge in [0.25, 0.3) is 5.91 Å². The molecule has 104 valence electrons. The highest BCUT2D eigenvalue weighted by Gasteiger charge is 2.30. The molecule has 0 saturated carbocycles. The second kappa shape index (κ2) is 6.51. The Balaban J connectivity index is 2.16. The van der Waals surface area contributed by atoms with E-state index in [1.807, 2.05) is 4.90 Å². The maximum Gasteiger partial charge on any atom is 0.257 e. The molecule has 4 heteroatoms. The third-order valence-corrected chi connectivity index (χ3v) is 4.29. The van der Waals surface area contributed by atoms with Gasteiger partial charge in [-0.25, -0.2) is 4.39 Å². The van der Waals surface area contributed by atoms with Crippen molar-refractivity contribution >= 4 is 21.8 Å². The molecular weight excluding hydrogens is 309 g/mol. The molecule has 1 fully saturated rings. The zero-order valence-electron chi connectivity index (χ0n) is 11.2. The van der Waals surface area contributed by atoms with Crippen LogP contribution in [-0.2, 0) is 0 Å². The molecule has 1 aliphatic rings. The molecule has 1 aromatic rings. The topological polar surface area (TPSA) is 20.3 Å². The first-order valence-corrected chi connectivity index (χ1v) is 7.89. The predicted octanol–water partition coefficient (Wildman–Crippen LogP) is 3.91. The summed E-state index contributed by atoms with van der Waals surface area (Å²) in [4.78, 5) is 14.3. The van der Waals surface area contributed by atoms with Crippen molar-refractivity contribution in [1.82, 2.24) is 4.90 Å². The van der Waals surface area contributed by atoms with Gasteiger partial charge in [0.15, 0.2) is 0 Å². The minimum absolute atomic E-state index is 0.154. The molecule has 0 bridgehead atoms. The maximum atomic E-state index is 14.0. The number of benzene rings is 1. The second-order valence-electron chi connectivity index (χ2n) is 5.06. The van der Waals surface area contributed by atoms with Crippen molar-refractivity contribution in [3.8, 4) is 0 Å². The van der Waals surface area contributed by atoms with Crippen LogP contribution in [0.5, 0.6) is 0 Å². The molecule has 0 aromatic heterocycles. The number of rotatable bonds is 4. The Morgan fingerprint density at radius 1 is 1.53 bits per heavy atom. The number of amides is 1. The van der Waals surface area contributed by atoms with Gasteiger partial charge in [-0.05, 0) is 44.2 Å². The van der Waals surface area contributed by atoms with E-state index in [1.165, 1.54) is 0 Å². The lowest BCUT2D eigenvalue weighted by atomic mass is 10.1. The molecule has 0 aliphatic carbocycles. The first-order valence-electron chi connectivity index (χ1n) is 6.77. The summed E-state index contributed by atoms with van der Waals surface area (Å²) in [6.07, 6.45) is 4.09. The Morgan fingerprint density at radius 3 is 3.05 bits per heavy atom.